The zero-order valence-corrected chi connectivity index (χ0v) is 15.4. The third-order valence-corrected chi connectivity index (χ3v) is 4.74. The van der Waals surface area contributed by atoms with Crippen LogP contribution in [0, 0.1) is 5.82 Å². The number of likely N-dealkylation sites (tertiary alicyclic amines) is 1. The molecule has 3 rings (SSSR count). The first kappa shape index (κ1) is 18.9. The van der Waals surface area contributed by atoms with Gasteiger partial charge in [0.05, 0.1) is 0 Å². The van der Waals surface area contributed by atoms with E-state index in [1.165, 1.54) is 12.1 Å². The minimum Gasteiger partial charge on any atom is -0.338 e. The molecule has 1 heterocycles. The van der Waals surface area contributed by atoms with Crippen LogP contribution in [0.1, 0.15) is 41.6 Å². The van der Waals surface area contributed by atoms with Crippen LogP contribution < -0.4 is 10.6 Å². The van der Waals surface area contributed by atoms with Gasteiger partial charge in [-0.05, 0) is 55.7 Å². The molecule has 0 unspecified atom stereocenters. The molecule has 1 saturated heterocycles. The van der Waals surface area contributed by atoms with Crippen LogP contribution >= 0.6 is 0 Å². The van der Waals surface area contributed by atoms with Crippen molar-refractivity contribution in [2.24, 2.45) is 0 Å². The van der Waals surface area contributed by atoms with E-state index in [4.69, 9.17) is 0 Å². The zero-order valence-electron chi connectivity index (χ0n) is 15.4. The molecule has 1 aliphatic heterocycles. The van der Waals surface area contributed by atoms with Crippen LogP contribution in [-0.2, 0) is 0 Å². The molecular weight excluding hydrogens is 345 g/mol. The Kier molecular flexibility index (Phi) is 6.06. The number of anilines is 1. The van der Waals surface area contributed by atoms with Gasteiger partial charge in [-0.25, -0.2) is 9.18 Å². The van der Waals surface area contributed by atoms with E-state index in [1.807, 2.05) is 30.0 Å². The minimum absolute atomic E-state index is 0.0396. The SMILES string of the molecule is CCNC(=O)N1CCC[C@H](c2cccc(C(=O)Nc3cccc(F)c3)c2)C1. The van der Waals surface area contributed by atoms with Crippen molar-refractivity contribution in [3.63, 3.8) is 0 Å². The van der Waals surface area contributed by atoms with E-state index in [9.17, 15) is 14.0 Å². The largest absolute Gasteiger partial charge is 0.338 e. The molecule has 27 heavy (non-hydrogen) atoms. The van der Waals surface area contributed by atoms with Crippen LogP contribution in [0.4, 0.5) is 14.9 Å². The summed E-state index contributed by atoms with van der Waals surface area (Å²) in [5, 5.41) is 5.56. The maximum Gasteiger partial charge on any atom is 0.317 e. The first-order valence-corrected chi connectivity index (χ1v) is 9.26. The summed E-state index contributed by atoms with van der Waals surface area (Å²) >= 11 is 0. The number of benzene rings is 2. The van der Waals surface area contributed by atoms with E-state index < -0.39 is 5.82 Å². The van der Waals surface area contributed by atoms with Crippen LogP contribution in [0.2, 0.25) is 0 Å². The summed E-state index contributed by atoms with van der Waals surface area (Å²) in [6.45, 7) is 3.90. The molecule has 1 aliphatic rings. The fourth-order valence-corrected chi connectivity index (χ4v) is 3.40. The summed E-state index contributed by atoms with van der Waals surface area (Å²) < 4.78 is 13.3. The van der Waals surface area contributed by atoms with Gasteiger partial charge >= 0.3 is 6.03 Å². The second-order valence-corrected chi connectivity index (χ2v) is 6.71. The number of hydrogen-bond acceptors (Lipinski definition) is 2. The number of urea groups is 1. The number of rotatable bonds is 4. The highest BCUT2D eigenvalue weighted by molar-refractivity contribution is 6.04. The quantitative estimate of drug-likeness (QED) is 0.856. The van der Waals surface area contributed by atoms with Gasteiger partial charge in [-0.15, -0.1) is 0 Å². The summed E-state index contributed by atoms with van der Waals surface area (Å²) in [6.07, 6.45) is 1.91. The second-order valence-electron chi connectivity index (χ2n) is 6.71. The van der Waals surface area contributed by atoms with Crippen molar-refractivity contribution < 1.29 is 14.0 Å². The molecule has 0 spiro atoms. The molecule has 142 valence electrons. The van der Waals surface area contributed by atoms with E-state index in [0.717, 1.165) is 24.9 Å². The summed E-state index contributed by atoms with van der Waals surface area (Å²) in [6, 6.07) is 13.2. The molecule has 0 saturated carbocycles. The Hall–Kier alpha value is -2.89. The summed E-state index contributed by atoms with van der Waals surface area (Å²) in [5.41, 5.74) is 1.98. The number of halogens is 1. The van der Waals surface area contributed by atoms with Crippen LogP contribution in [0.25, 0.3) is 0 Å². The van der Waals surface area contributed by atoms with Crippen molar-refractivity contribution >= 4 is 17.6 Å². The van der Waals surface area contributed by atoms with Crippen LogP contribution in [0.3, 0.4) is 0 Å². The van der Waals surface area contributed by atoms with Crippen LogP contribution in [-0.4, -0.2) is 36.5 Å². The topological polar surface area (TPSA) is 61.4 Å². The summed E-state index contributed by atoms with van der Waals surface area (Å²) in [4.78, 5) is 26.4. The first-order valence-electron chi connectivity index (χ1n) is 9.26. The summed E-state index contributed by atoms with van der Waals surface area (Å²) in [7, 11) is 0. The predicted molar refractivity (Wildman–Crippen MR) is 103 cm³/mol. The Morgan fingerprint density at radius 2 is 2.00 bits per heavy atom. The van der Waals surface area contributed by atoms with Gasteiger partial charge in [0.1, 0.15) is 5.82 Å². The third-order valence-electron chi connectivity index (χ3n) is 4.74. The molecule has 6 heteroatoms. The number of hydrogen-bond donors (Lipinski definition) is 2. The molecule has 2 aromatic rings. The highest BCUT2D eigenvalue weighted by atomic mass is 19.1. The second kappa shape index (κ2) is 8.66. The van der Waals surface area contributed by atoms with Crippen molar-refractivity contribution in [2.45, 2.75) is 25.7 Å². The number of piperidine rings is 1. The van der Waals surface area contributed by atoms with Crippen LogP contribution in [0.5, 0.6) is 0 Å². The van der Waals surface area contributed by atoms with Gasteiger partial charge in [0, 0.05) is 36.8 Å². The van der Waals surface area contributed by atoms with Gasteiger partial charge in [-0.2, -0.15) is 0 Å². The lowest BCUT2D eigenvalue weighted by Gasteiger charge is -2.33. The van der Waals surface area contributed by atoms with Crippen LogP contribution in [0.15, 0.2) is 48.5 Å². The number of amides is 3. The molecule has 1 atom stereocenters. The fourth-order valence-electron chi connectivity index (χ4n) is 3.40. The van der Waals surface area contributed by atoms with Crippen molar-refractivity contribution in [3.8, 4) is 0 Å². The maximum atomic E-state index is 13.3. The van der Waals surface area contributed by atoms with E-state index in [1.54, 1.807) is 18.2 Å². The van der Waals surface area contributed by atoms with Gasteiger partial charge in [0.2, 0.25) is 0 Å². The lowest BCUT2D eigenvalue weighted by molar-refractivity contribution is 0.102. The average molecular weight is 369 g/mol. The Morgan fingerprint density at radius 1 is 1.19 bits per heavy atom. The predicted octanol–water partition coefficient (Wildman–Crippen LogP) is 3.99. The van der Waals surface area contributed by atoms with Crippen molar-refractivity contribution in [3.05, 3.63) is 65.5 Å². The zero-order chi connectivity index (χ0) is 19.2. The molecule has 2 N–H and O–H groups in total. The monoisotopic (exact) mass is 369 g/mol. The summed E-state index contributed by atoms with van der Waals surface area (Å²) in [5.74, 6) is -0.476. The molecule has 0 aromatic heterocycles. The molecular formula is C21H24FN3O2. The number of nitrogens with one attached hydrogen (secondary N) is 2. The smallest absolute Gasteiger partial charge is 0.317 e. The Morgan fingerprint density at radius 3 is 2.78 bits per heavy atom. The van der Waals surface area contributed by atoms with Crippen molar-refractivity contribution in [1.29, 1.82) is 0 Å². The van der Waals surface area contributed by atoms with Gasteiger partial charge in [0.25, 0.3) is 5.91 Å². The van der Waals surface area contributed by atoms with E-state index in [0.29, 0.717) is 24.3 Å². The highest BCUT2D eigenvalue weighted by Gasteiger charge is 2.24. The Labute approximate surface area is 158 Å². The van der Waals surface area contributed by atoms with E-state index in [-0.39, 0.29) is 17.9 Å². The standard InChI is InChI=1S/C21H24FN3O2/c1-2-23-21(27)25-11-5-8-17(14-25)15-6-3-7-16(12-15)20(26)24-19-10-4-9-18(22)13-19/h3-4,6-7,9-10,12-13,17H,2,5,8,11,14H2,1H3,(H,23,27)(H,24,26)/t17-/m0/s1. The van der Waals surface area contributed by atoms with Gasteiger partial charge in [-0.1, -0.05) is 18.2 Å². The molecule has 0 bridgehead atoms. The lowest BCUT2D eigenvalue weighted by Crippen LogP contribution is -2.44. The molecule has 1 fully saturated rings. The molecule has 0 radical (unpaired) electrons. The molecule has 2 aromatic carbocycles. The van der Waals surface area contributed by atoms with E-state index >= 15 is 0 Å². The van der Waals surface area contributed by atoms with Gasteiger partial charge < -0.3 is 15.5 Å². The first-order chi connectivity index (χ1) is 13.1. The number of carbonyl (C=O) groups excluding carboxylic acids is 2. The fraction of sp³-hybridized carbons (Fsp3) is 0.333. The molecule has 5 nitrogen and oxygen atoms in total. The van der Waals surface area contributed by atoms with Crippen molar-refractivity contribution in [2.75, 3.05) is 25.0 Å². The molecule has 3 amide bonds. The Bertz CT molecular complexity index is 825. The molecule has 0 aliphatic carbocycles. The average Bonchev–Trinajstić information content (AvgIpc) is 2.68. The van der Waals surface area contributed by atoms with Gasteiger partial charge in [0.15, 0.2) is 0 Å². The normalized spacial score (nSPS) is 16.7. The van der Waals surface area contributed by atoms with E-state index in [2.05, 4.69) is 10.6 Å². The highest BCUT2D eigenvalue weighted by Crippen LogP contribution is 2.27. The third kappa shape index (κ3) is 4.84. The minimum atomic E-state index is -0.394. The van der Waals surface area contributed by atoms with Crippen molar-refractivity contribution in [1.82, 2.24) is 10.2 Å². The lowest BCUT2D eigenvalue weighted by atomic mass is 9.89. The maximum absolute atomic E-state index is 13.3. The number of nitrogens with zero attached hydrogens (tertiary/aromatic N) is 1. The Balaban J connectivity index is 1.71. The number of carbonyl (C=O) groups is 2. The van der Waals surface area contributed by atoms with Gasteiger partial charge in [-0.3, -0.25) is 4.79 Å².